The van der Waals surface area contributed by atoms with Crippen molar-refractivity contribution in [3.05, 3.63) is 34.3 Å². The Hall–Kier alpha value is -2.03. The summed E-state index contributed by atoms with van der Waals surface area (Å²) in [6.45, 7) is 0.701. The molecule has 1 aromatic carbocycles. The van der Waals surface area contributed by atoms with Crippen LogP contribution in [0.25, 0.3) is 10.2 Å². The highest BCUT2D eigenvalue weighted by atomic mass is 35.5. The molecule has 25 heavy (non-hydrogen) atoms. The van der Waals surface area contributed by atoms with Crippen molar-refractivity contribution in [2.45, 2.75) is 19.3 Å². The predicted octanol–water partition coefficient (Wildman–Crippen LogP) is 3.71. The number of hydrogen-bond donors (Lipinski definition) is 1. The second-order valence-electron chi connectivity index (χ2n) is 5.63. The van der Waals surface area contributed by atoms with Crippen molar-refractivity contribution >= 4 is 66.6 Å². The molecule has 0 spiro atoms. The third-order valence-corrected chi connectivity index (χ3v) is 5.86. The third-order valence-electron chi connectivity index (χ3n) is 3.78. The van der Waals surface area contributed by atoms with Crippen molar-refractivity contribution in [1.29, 1.82) is 0 Å². The Bertz CT molecular complexity index is 968. The fourth-order valence-corrected chi connectivity index (χ4v) is 4.66. The van der Waals surface area contributed by atoms with E-state index in [9.17, 15) is 9.59 Å². The highest BCUT2D eigenvalue weighted by Gasteiger charge is 2.24. The van der Waals surface area contributed by atoms with Gasteiger partial charge in [-0.3, -0.25) is 14.5 Å². The minimum atomic E-state index is -0.185. The Balaban J connectivity index is 1.43. The van der Waals surface area contributed by atoms with Crippen molar-refractivity contribution in [2.75, 3.05) is 16.8 Å². The van der Waals surface area contributed by atoms with E-state index >= 15 is 0 Å². The summed E-state index contributed by atoms with van der Waals surface area (Å²) in [5.74, 6) is -0.0896. The van der Waals surface area contributed by atoms with Gasteiger partial charge in [0.1, 0.15) is 0 Å². The monoisotopic (exact) mass is 392 g/mol. The summed E-state index contributed by atoms with van der Waals surface area (Å²) in [4.78, 5) is 34.4. The lowest BCUT2D eigenvalue weighted by Gasteiger charge is -2.10. The molecule has 2 amide bonds. The zero-order valence-corrected chi connectivity index (χ0v) is 15.4. The molecule has 1 saturated heterocycles. The standard InChI is InChI=1S/C16H13ClN4O2S2/c17-9-3-4-11-12(6-9)25-15(19-11)20-13(22)7-10-8-24-16(18-10)21-5-1-2-14(21)23/h3-4,6,8H,1-2,5,7H2,(H,19,20,22). The summed E-state index contributed by atoms with van der Waals surface area (Å²) < 4.78 is 0.922. The lowest BCUT2D eigenvalue weighted by molar-refractivity contribution is -0.117. The van der Waals surface area contributed by atoms with Crippen LogP contribution in [0.5, 0.6) is 0 Å². The van der Waals surface area contributed by atoms with Crippen molar-refractivity contribution < 1.29 is 9.59 Å². The van der Waals surface area contributed by atoms with E-state index in [1.165, 1.54) is 22.7 Å². The van der Waals surface area contributed by atoms with Crippen LogP contribution in [0, 0.1) is 0 Å². The number of fused-ring (bicyclic) bond motifs is 1. The van der Waals surface area contributed by atoms with Gasteiger partial charge in [0.05, 0.1) is 22.3 Å². The number of rotatable bonds is 4. The van der Waals surface area contributed by atoms with Gasteiger partial charge in [0, 0.05) is 23.4 Å². The molecule has 0 atom stereocenters. The Morgan fingerprint density at radius 3 is 3.04 bits per heavy atom. The maximum atomic E-state index is 12.2. The summed E-state index contributed by atoms with van der Waals surface area (Å²) in [7, 11) is 0. The van der Waals surface area contributed by atoms with Crippen LogP contribution in [0.15, 0.2) is 23.6 Å². The molecular weight excluding hydrogens is 380 g/mol. The zero-order chi connectivity index (χ0) is 17.4. The number of aromatic nitrogens is 2. The summed E-state index contributed by atoms with van der Waals surface area (Å²) in [5.41, 5.74) is 1.45. The van der Waals surface area contributed by atoms with Crippen LogP contribution in [0.3, 0.4) is 0 Å². The van der Waals surface area contributed by atoms with Gasteiger partial charge in [0.2, 0.25) is 11.8 Å². The molecule has 4 rings (SSSR count). The normalized spacial score (nSPS) is 14.4. The third kappa shape index (κ3) is 3.51. The molecule has 0 radical (unpaired) electrons. The van der Waals surface area contributed by atoms with E-state index in [1.54, 1.807) is 11.0 Å². The number of nitrogens with one attached hydrogen (secondary N) is 1. The predicted molar refractivity (Wildman–Crippen MR) is 101 cm³/mol. The fourth-order valence-electron chi connectivity index (χ4n) is 2.63. The Labute approximate surface area is 156 Å². The van der Waals surface area contributed by atoms with Crippen LogP contribution < -0.4 is 10.2 Å². The highest BCUT2D eigenvalue weighted by molar-refractivity contribution is 7.22. The SMILES string of the molecule is O=C(Cc1csc(N2CCCC2=O)n1)Nc1nc2ccc(Cl)cc2s1. The highest BCUT2D eigenvalue weighted by Crippen LogP contribution is 2.29. The number of halogens is 1. The van der Waals surface area contributed by atoms with Crippen LogP contribution in [0.2, 0.25) is 5.02 Å². The fraction of sp³-hybridized carbons (Fsp3) is 0.250. The van der Waals surface area contributed by atoms with Gasteiger partial charge in [0.15, 0.2) is 10.3 Å². The summed E-state index contributed by atoms with van der Waals surface area (Å²) in [6.07, 6.45) is 1.57. The molecule has 128 valence electrons. The average Bonchev–Trinajstić information content (AvgIpc) is 3.26. The number of benzene rings is 1. The van der Waals surface area contributed by atoms with Gasteiger partial charge in [-0.25, -0.2) is 9.97 Å². The quantitative estimate of drug-likeness (QED) is 0.734. The molecule has 6 nitrogen and oxygen atoms in total. The Morgan fingerprint density at radius 2 is 2.24 bits per heavy atom. The summed E-state index contributed by atoms with van der Waals surface area (Å²) in [6, 6.07) is 5.42. The second kappa shape index (κ2) is 6.70. The molecule has 0 aliphatic carbocycles. The lowest BCUT2D eigenvalue weighted by Crippen LogP contribution is -2.23. The number of anilines is 2. The minimum Gasteiger partial charge on any atom is -0.302 e. The van der Waals surface area contributed by atoms with Crippen molar-refractivity contribution in [2.24, 2.45) is 0 Å². The molecule has 1 N–H and O–H groups in total. The van der Waals surface area contributed by atoms with Crippen LogP contribution in [-0.2, 0) is 16.0 Å². The van der Waals surface area contributed by atoms with Crippen molar-refractivity contribution in [3.8, 4) is 0 Å². The van der Waals surface area contributed by atoms with Gasteiger partial charge < -0.3 is 5.32 Å². The Morgan fingerprint density at radius 1 is 1.36 bits per heavy atom. The van der Waals surface area contributed by atoms with Gasteiger partial charge >= 0.3 is 0 Å². The number of amides is 2. The second-order valence-corrected chi connectivity index (χ2v) is 7.93. The zero-order valence-electron chi connectivity index (χ0n) is 13.0. The van der Waals surface area contributed by atoms with E-state index in [2.05, 4.69) is 15.3 Å². The number of nitrogens with zero attached hydrogens (tertiary/aromatic N) is 3. The lowest BCUT2D eigenvalue weighted by atomic mass is 10.3. The van der Waals surface area contributed by atoms with E-state index in [-0.39, 0.29) is 18.2 Å². The maximum Gasteiger partial charge on any atom is 0.232 e. The van der Waals surface area contributed by atoms with Crippen LogP contribution in [0.1, 0.15) is 18.5 Å². The number of carbonyl (C=O) groups is 2. The van der Waals surface area contributed by atoms with Crippen LogP contribution in [0.4, 0.5) is 10.3 Å². The number of carbonyl (C=O) groups excluding carboxylic acids is 2. The number of thiazole rings is 2. The number of hydrogen-bond acceptors (Lipinski definition) is 6. The molecule has 1 fully saturated rings. The molecule has 9 heteroatoms. The molecule has 1 aliphatic rings. The van der Waals surface area contributed by atoms with Gasteiger partial charge in [-0.1, -0.05) is 22.9 Å². The van der Waals surface area contributed by atoms with Crippen molar-refractivity contribution in [3.63, 3.8) is 0 Å². The maximum absolute atomic E-state index is 12.2. The van der Waals surface area contributed by atoms with Crippen molar-refractivity contribution in [1.82, 2.24) is 9.97 Å². The van der Waals surface area contributed by atoms with Gasteiger partial charge in [-0.05, 0) is 24.6 Å². The van der Waals surface area contributed by atoms with Crippen LogP contribution in [-0.4, -0.2) is 28.3 Å². The summed E-state index contributed by atoms with van der Waals surface area (Å²) >= 11 is 8.73. The van der Waals surface area contributed by atoms with Gasteiger partial charge in [-0.2, -0.15) is 0 Å². The molecule has 2 aromatic heterocycles. The molecule has 3 aromatic rings. The molecule has 0 saturated carbocycles. The van der Waals surface area contributed by atoms with Gasteiger partial charge in [0.25, 0.3) is 0 Å². The van der Waals surface area contributed by atoms with E-state index < -0.39 is 0 Å². The first-order valence-electron chi connectivity index (χ1n) is 7.69. The molecular formula is C16H13ClN4O2S2. The smallest absolute Gasteiger partial charge is 0.232 e. The molecule has 3 heterocycles. The Kier molecular flexibility index (Phi) is 4.41. The van der Waals surface area contributed by atoms with E-state index in [4.69, 9.17) is 11.6 Å². The first-order chi connectivity index (χ1) is 12.1. The van der Waals surface area contributed by atoms with E-state index in [0.29, 0.717) is 33.9 Å². The van der Waals surface area contributed by atoms with E-state index in [0.717, 1.165) is 16.6 Å². The van der Waals surface area contributed by atoms with Gasteiger partial charge in [-0.15, -0.1) is 11.3 Å². The minimum absolute atomic E-state index is 0.0958. The molecule has 0 unspecified atom stereocenters. The summed E-state index contributed by atoms with van der Waals surface area (Å²) in [5, 5.41) is 6.46. The van der Waals surface area contributed by atoms with Crippen LogP contribution >= 0.6 is 34.3 Å². The topological polar surface area (TPSA) is 75.2 Å². The largest absolute Gasteiger partial charge is 0.302 e. The molecule has 0 bridgehead atoms. The average molecular weight is 393 g/mol. The first-order valence-corrected chi connectivity index (χ1v) is 9.76. The van der Waals surface area contributed by atoms with E-state index in [1.807, 2.05) is 17.5 Å². The first kappa shape index (κ1) is 16.4. The molecule has 1 aliphatic heterocycles.